The van der Waals surface area contributed by atoms with Gasteiger partial charge in [0, 0.05) is 23.0 Å². The Labute approximate surface area is 206 Å². The molecule has 1 amide bonds. The Balaban J connectivity index is 1.51. The summed E-state index contributed by atoms with van der Waals surface area (Å²) in [6.07, 6.45) is 8.97. The zero-order chi connectivity index (χ0) is 24.3. The van der Waals surface area contributed by atoms with Crippen LogP contribution in [0.25, 0.3) is 0 Å². The summed E-state index contributed by atoms with van der Waals surface area (Å²) < 4.78 is 4.96. The second-order valence-electron chi connectivity index (χ2n) is 8.93. The van der Waals surface area contributed by atoms with Gasteiger partial charge < -0.3 is 19.8 Å². The number of anilines is 1. The molecule has 1 fully saturated rings. The van der Waals surface area contributed by atoms with Crippen LogP contribution in [0.15, 0.2) is 36.4 Å². The average Bonchev–Trinajstić information content (AvgIpc) is 3.47. The number of unbranched alkanes of at least 4 members (excludes halogenated alkanes) is 3. The summed E-state index contributed by atoms with van der Waals surface area (Å²) in [7, 11) is 0. The van der Waals surface area contributed by atoms with Crippen molar-refractivity contribution in [2.45, 2.75) is 83.3 Å². The van der Waals surface area contributed by atoms with Gasteiger partial charge in [0.05, 0.1) is 12.7 Å². The molecule has 7 heteroatoms. The van der Waals surface area contributed by atoms with Crippen LogP contribution in [0.1, 0.15) is 90.9 Å². The van der Waals surface area contributed by atoms with Crippen LogP contribution in [0.2, 0.25) is 0 Å². The minimum absolute atomic E-state index is 0.0104. The summed E-state index contributed by atoms with van der Waals surface area (Å²) in [6, 6.07) is 11.7. The normalized spacial score (nSPS) is 16.7. The van der Waals surface area contributed by atoms with Crippen LogP contribution < -0.4 is 4.90 Å². The molecule has 186 valence electrons. The molecule has 0 saturated carbocycles. The van der Waals surface area contributed by atoms with Gasteiger partial charge in [0.2, 0.25) is 5.91 Å². The molecule has 2 atom stereocenters. The predicted molar refractivity (Wildman–Crippen MR) is 135 cm³/mol. The number of carbonyl (C=O) groups excluding carboxylic acids is 2. The number of nitrogens with zero attached hydrogens (tertiary/aromatic N) is 1. The Morgan fingerprint density at radius 3 is 2.68 bits per heavy atom. The van der Waals surface area contributed by atoms with Gasteiger partial charge in [-0.3, -0.25) is 4.79 Å². The number of esters is 1. The lowest BCUT2D eigenvalue weighted by molar-refractivity contribution is -0.117. The molecule has 0 spiro atoms. The van der Waals surface area contributed by atoms with Gasteiger partial charge in [-0.25, -0.2) is 4.79 Å². The maximum Gasteiger partial charge on any atom is 0.348 e. The van der Waals surface area contributed by atoms with E-state index in [0.717, 1.165) is 61.1 Å². The van der Waals surface area contributed by atoms with E-state index in [1.807, 2.05) is 35.2 Å². The molecule has 2 heterocycles. The SMILES string of the molecule is CCCCCC[C@H](O)c1ccc(N2C(=O)CC[C@@H]2CCCc2ccc(C(=O)OCCO)s2)cc1. The lowest BCUT2D eigenvalue weighted by Gasteiger charge is -2.25. The molecule has 34 heavy (non-hydrogen) atoms. The molecule has 1 aliphatic rings. The van der Waals surface area contributed by atoms with Crippen LogP contribution in [0.3, 0.4) is 0 Å². The molecular weight excluding hydrogens is 450 g/mol. The number of carbonyl (C=O) groups is 2. The highest BCUT2D eigenvalue weighted by atomic mass is 32.1. The molecule has 0 bridgehead atoms. The van der Waals surface area contributed by atoms with E-state index in [2.05, 4.69) is 6.92 Å². The van der Waals surface area contributed by atoms with Gasteiger partial charge in [0.15, 0.2) is 0 Å². The van der Waals surface area contributed by atoms with Gasteiger partial charge in [0.25, 0.3) is 0 Å². The number of aliphatic hydroxyl groups is 2. The van der Waals surface area contributed by atoms with Crippen molar-refractivity contribution in [2.75, 3.05) is 18.1 Å². The third-order valence-electron chi connectivity index (χ3n) is 6.36. The molecule has 1 aliphatic heterocycles. The van der Waals surface area contributed by atoms with E-state index in [1.54, 1.807) is 6.07 Å². The first-order valence-electron chi connectivity index (χ1n) is 12.5. The number of ether oxygens (including phenoxy) is 1. The third-order valence-corrected chi connectivity index (χ3v) is 7.49. The van der Waals surface area contributed by atoms with E-state index in [0.29, 0.717) is 11.3 Å². The van der Waals surface area contributed by atoms with Gasteiger partial charge >= 0.3 is 5.97 Å². The lowest BCUT2D eigenvalue weighted by atomic mass is 10.0. The van der Waals surface area contributed by atoms with Crippen molar-refractivity contribution < 1.29 is 24.5 Å². The van der Waals surface area contributed by atoms with Crippen molar-refractivity contribution in [3.8, 4) is 0 Å². The zero-order valence-corrected chi connectivity index (χ0v) is 20.9. The number of rotatable bonds is 14. The Morgan fingerprint density at radius 2 is 1.94 bits per heavy atom. The largest absolute Gasteiger partial charge is 0.459 e. The van der Waals surface area contributed by atoms with Crippen LogP contribution in [0.5, 0.6) is 0 Å². The molecule has 0 aliphatic carbocycles. The van der Waals surface area contributed by atoms with Crippen molar-refractivity contribution in [1.82, 2.24) is 0 Å². The molecule has 0 radical (unpaired) electrons. The van der Waals surface area contributed by atoms with E-state index in [4.69, 9.17) is 9.84 Å². The maximum atomic E-state index is 12.6. The van der Waals surface area contributed by atoms with E-state index >= 15 is 0 Å². The minimum Gasteiger partial charge on any atom is -0.459 e. The van der Waals surface area contributed by atoms with Crippen molar-refractivity contribution in [1.29, 1.82) is 0 Å². The summed E-state index contributed by atoms with van der Waals surface area (Å²) in [6.45, 7) is 2.01. The van der Waals surface area contributed by atoms with E-state index in [-0.39, 0.29) is 25.2 Å². The van der Waals surface area contributed by atoms with Crippen molar-refractivity contribution in [2.24, 2.45) is 0 Å². The second-order valence-corrected chi connectivity index (χ2v) is 10.1. The smallest absolute Gasteiger partial charge is 0.348 e. The van der Waals surface area contributed by atoms with E-state index < -0.39 is 12.1 Å². The molecule has 6 nitrogen and oxygen atoms in total. The standard InChI is InChI=1S/C27H37NO5S/c1-2-3-4-5-9-24(30)20-10-12-22(13-11-20)28-21(14-17-26(28)31)7-6-8-23-15-16-25(34-23)27(32)33-19-18-29/h10-13,15-16,21,24,29-30H,2-9,14,17-19H2,1H3/t21-,24-/m0/s1. The van der Waals surface area contributed by atoms with Crippen LogP contribution >= 0.6 is 11.3 Å². The van der Waals surface area contributed by atoms with Gasteiger partial charge in [-0.05, 0) is 61.9 Å². The molecule has 1 saturated heterocycles. The van der Waals surface area contributed by atoms with Gasteiger partial charge in [-0.2, -0.15) is 0 Å². The number of thiophene rings is 1. The molecule has 2 aromatic rings. The summed E-state index contributed by atoms with van der Waals surface area (Å²) >= 11 is 1.42. The number of aliphatic hydroxyl groups excluding tert-OH is 2. The first-order valence-corrected chi connectivity index (χ1v) is 13.3. The fourth-order valence-corrected chi connectivity index (χ4v) is 5.45. The van der Waals surface area contributed by atoms with Crippen LogP contribution in [-0.2, 0) is 16.0 Å². The monoisotopic (exact) mass is 487 g/mol. The van der Waals surface area contributed by atoms with Crippen molar-refractivity contribution in [3.05, 3.63) is 51.7 Å². The molecule has 2 N–H and O–H groups in total. The van der Waals surface area contributed by atoms with Gasteiger partial charge in [-0.1, -0.05) is 44.7 Å². The average molecular weight is 488 g/mol. The molecule has 3 rings (SSSR count). The highest BCUT2D eigenvalue weighted by Gasteiger charge is 2.31. The Morgan fingerprint density at radius 1 is 1.15 bits per heavy atom. The molecule has 1 aromatic heterocycles. The molecule has 0 unspecified atom stereocenters. The predicted octanol–water partition coefficient (Wildman–Crippen LogP) is 5.42. The van der Waals surface area contributed by atoms with Crippen LogP contribution in [0.4, 0.5) is 5.69 Å². The highest BCUT2D eigenvalue weighted by molar-refractivity contribution is 7.13. The number of benzene rings is 1. The Bertz CT molecular complexity index is 910. The Kier molecular flexibility index (Phi) is 10.6. The topological polar surface area (TPSA) is 87.1 Å². The Hall–Kier alpha value is -2.22. The minimum atomic E-state index is -0.451. The summed E-state index contributed by atoms with van der Waals surface area (Å²) in [5.41, 5.74) is 1.81. The number of aryl methyl sites for hydroxylation is 1. The van der Waals surface area contributed by atoms with Crippen LogP contribution in [0, 0.1) is 0 Å². The van der Waals surface area contributed by atoms with Crippen LogP contribution in [-0.4, -0.2) is 41.3 Å². The molecular formula is C27H37NO5S. The van der Waals surface area contributed by atoms with E-state index in [1.165, 1.54) is 24.2 Å². The molecule has 1 aromatic carbocycles. The summed E-state index contributed by atoms with van der Waals surface area (Å²) in [4.78, 5) is 28.1. The van der Waals surface area contributed by atoms with Crippen molar-refractivity contribution >= 4 is 28.9 Å². The number of hydrogen-bond acceptors (Lipinski definition) is 6. The fourth-order valence-electron chi connectivity index (χ4n) is 4.50. The first-order chi connectivity index (χ1) is 16.5. The highest BCUT2D eigenvalue weighted by Crippen LogP contribution is 2.31. The van der Waals surface area contributed by atoms with Gasteiger partial charge in [-0.15, -0.1) is 11.3 Å². The van der Waals surface area contributed by atoms with Gasteiger partial charge in [0.1, 0.15) is 11.5 Å². The fraction of sp³-hybridized carbons (Fsp3) is 0.556. The quantitative estimate of drug-likeness (QED) is 0.274. The zero-order valence-electron chi connectivity index (χ0n) is 20.1. The summed E-state index contributed by atoms with van der Waals surface area (Å²) in [5, 5.41) is 19.2. The summed E-state index contributed by atoms with van der Waals surface area (Å²) in [5.74, 6) is -0.240. The number of hydrogen-bond donors (Lipinski definition) is 2. The maximum absolute atomic E-state index is 12.6. The first kappa shape index (κ1) is 26.4. The van der Waals surface area contributed by atoms with Crippen molar-refractivity contribution in [3.63, 3.8) is 0 Å². The van der Waals surface area contributed by atoms with E-state index in [9.17, 15) is 14.7 Å². The second kappa shape index (κ2) is 13.6. The lowest BCUT2D eigenvalue weighted by Crippen LogP contribution is -2.32. The number of amides is 1. The third kappa shape index (κ3) is 7.39.